The van der Waals surface area contributed by atoms with Crippen LogP contribution in [0.15, 0.2) is 109 Å². The number of hydrogen-bond acceptors (Lipinski definition) is 5. The highest BCUT2D eigenvalue weighted by molar-refractivity contribution is 7.11. The van der Waals surface area contributed by atoms with Gasteiger partial charge in [0.05, 0.1) is 0 Å². The van der Waals surface area contributed by atoms with Gasteiger partial charge in [-0.15, -0.1) is 11.3 Å². The highest BCUT2D eigenvalue weighted by atomic mass is 32.1. The Morgan fingerprint density at radius 3 is 1.94 bits per heavy atom. The van der Waals surface area contributed by atoms with Gasteiger partial charge in [0.2, 0.25) is 0 Å². The number of aromatic nitrogens is 2. The van der Waals surface area contributed by atoms with E-state index >= 15 is 0 Å². The SMILES string of the molecule is Fc1ccc(-c2cncc(CN(CCOc3cccs3)Cc3cncc(-c4ccccc4)c3)c2)cc1. The monoisotopic (exact) mass is 495 g/mol. The molecule has 0 bridgehead atoms. The highest BCUT2D eigenvalue weighted by Crippen LogP contribution is 2.23. The van der Waals surface area contributed by atoms with Crippen LogP contribution in [0.4, 0.5) is 4.39 Å². The molecule has 2 aromatic carbocycles. The molecule has 0 aliphatic rings. The molecule has 0 spiro atoms. The van der Waals surface area contributed by atoms with Crippen molar-refractivity contribution >= 4 is 11.3 Å². The van der Waals surface area contributed by atoms with E-state index in [0.717, 1.165) is 51.5 Å². The van der Waals surface area contributed by atoms with Crippen LogP contribution in [0.3, 0.4) is 0 Å². The fraction of sp³-hybridized carbons (Fsp3) is 0.133. The lowest BCUT2D eigenvalue weighted by Crippen LogP contribution is -2.28. The van der Waals surface area contributed by atoms with Gasteiger partial charge in [0.25, 0.3) is 0 Å². The molecule has 6 heteroatoms. The third-order valence-corrected chi connectivity index (χ3v) is 6.61. The maximum atomic E-state index is 13.4. The Bertz CT molecular complexity index is 1380. The van der Waals surface area contributed by atoms with Crippen LogP contribution < -0.4 is 4.74 Å². The maximum Gasteiger partial charge on any atom is 0.173 e. The zero-order valence-electron chi connectivity index (χ0n) is 19.8. The van der Waals surface area contributed by atoms with Crippen LogP contribution in [0.25, 0.3) is 22.3 Å². The molecule has 0 unspecified atom stereocenters. The fourth-order valence-electron chi connectivity index (χ4n) is 4.09. The van der Waals surface area contributed by atoms with E-state index in [9.17, 15) is 4.39 Å². The molecule has 5 aromatic rings. The Hall–Kier alpha value is -3.87. The van der Waals surface area contributed by atoms with Crippen LogP contribution in [0.1, 0.15) is 11.1 Å². The van der Waals surface area contributed by atoms with Crippen LogP contribution >= 0.6 is 11.3 Å². The van der Waals surface area contributed by atoms with Crippen molar-refractivity contribution in [2.75, 3.05) is 13.2 Å². The zero-order valence-corrected chi connectivity index (χ0v) is 20.6. The molecule has 3 aromatic heterocycles. The number of halogens is 1. The van der Waals surface area contributed by atoms with E-state index in [1.807, 2.05) is 60.5 Å². The summed E-state index contributed by atoms with van der Waals surface area (Å²) < 4.78 is 19.3. The Morgan fingerprint density at radius 2 is 1.33 bits per heavy atom. The summed E-state index contributed by atoms with van der Waals surface area (Å²) in [5.41, 5.74) is 6.38. The largest absolute Gasteiger partial charge is 0.483 e. The van der Waals surface area contributed by atoms with E-state index in [1.165, 1.54) is 12.1 Å². The fourth-order valence-corrected chi connectivity index (χ4v) is 4.69. The van der Waals surface area contributed by atoms with Crippen LogP contribution in [0.5, 0.6) is 5.06 Å². The number of pyridine rings is 2. The molecule has 0 radical (unpaired) electrons. The van der Waals surface area contributed by atoms with E-state index < -0.39 is 0 Å². The van der Waals surface area contributed by atoms with Gasteiger partial charge in [-0.25, -0.2) is 4.39 Å². The van der Waals surface area contributed by atoms with Gasteiger partial charge >= 0.3 is 0 Å². The third kappa shape index (κ3) is 6.42. The molecule has 3 heterocycles. The third-order valence-electron chi connectivity index (χ3n) is 5.83. The first-order valence-electron chi connectivity index (χ1n) is 11.8. The normalized spacial score (nSPS) is 11.1. The Morgan fingerprint density at radius 1 is 0.694 bits per heavy atom. The topological polar surface area (TPSA) is 38.2 Å². The van der Waals surface area contributed by atoms with E-state index in [1.54, 1.807) is 23.5 Å². The van der Waals surface area contributed by atoms with Crippen LogP contribution in [0.2, 0.25) is 0 Å². The van der Waals surface area contributed by atoms with Crippen LogP contribution in [-0.2, 0) is 13.1 Å². The first-order valence-corrected chi connectivity index (χ1v) is 12.7. The summed E-state index contributed by atoms with van der Waals surface area (Å²) >= 11 is 1.60. The molecule has 0 N–H and O–H groups in total. The maximum absolute atomic E-state index is 13.4. The second-order valence-electron chi connectivity index (χ2n) is 8.53. The molecule has 0 atom stereocenters. The lowest BCUT2D eigenvalue weighted by atomic mass is 10.1. The van der Waals surface area contributed by atoms with Gasteiger partial charge < -0.3 is 4.74 Å². The Kier molecular flexibility index (Phi) is 7.76. The molecule has 4 nitrogen and oxygen atoms in total. The summed E-state index contributed by atoms with van der Waals surface area (Å²) in [6.07, 6.45) is 7.53. The number of thiophene rings is 1. The molecular weight excluding hydrogens is 469 g/mol. The van der Waals surface area contributed by atoms with Crippen molar-refractivity contribution in [3.8, 4) is 27.3 Å². The van der Waals surface area contributed by atoms with Crippen molar-refractivity contribution in [1.82, 2.24) is 14.9 Å². The van der Waals surface area contributed by atoms with Gasteiger partial charge in [-0.1, -0.05) is 42.5 Å². The van der Waals surface area contributed by atoms with Crippen molar-refractivity contribution < 1.29 is 9.13 Å². The number of ether oxygens (including phenoxy) is 1. The second-order valence-corrected chi connectivity index (χ2v) is 9.44. The van der Waals surface area contributed by atoms with Gasteiger partial charge in [-0.2, -0.15) is 0 Å². The minimum Gasteiger partial charge on any atom is -0.483 e. The summed E-state index contributed by atoms with van der Waals surface area (Å²) in [5.74, 6) is -0.244. The molecular formula is C30H26FN3OS. The number of hydrogen-bond donors (Lipinski definition) is 0. The molecule has 180 valence electrons. The Labute approximate surface area is 214 Å². The number of rotatable bonds is 10. The summed E-state index contributed by atoms with van der Waals surface area (Å²) in [4.78, 5) is 11.3. The summed E-state index contributed by atoms with van der Waals surface area (Å²) in [6, 6.07) is 25.1. The first-order chi connectivity index (χ1) is 17.7. The van der Waals surface area contributed by atoms with E-state index in [2.05, 4.69) is 39.1 Å². The molecule has 0 fully saturated rings. The predicted octanol–water partition coefficient (Wildman–Crippen LogP) is 7.09. The molecule has 0 aliphatic carbocycles. The van der Waals surface area contributed by atoms with Crippen LogP contribution in [-0.4, -0.2) is 28.0 Å². The van der Waals surface area contributed by atoms with Crippen molar-refractivity contribution in [2.45, 2.75) is 13.1 Å². The van der Waals surface area contributed by atoms with Gasteiger partial charge in [0, 0.05) is 55.5 Å². The van der Waals surface area contributed by atoms with Crippen molar-refractivity contribution in [3.63, 3.8) is 0 Å². The predicted molar refractivity (Wildman–Crippen MR) is 143 cm³/mol. The molecule has 0 saturated heterocycles. The Balaban J connectivity index is 1.34. The van der Waals surface area contributed by atoms with Gasteiger partial charge in [0.1, 0.15) is 12.4 Å². The van der Waals surface area contributed by atoms with Gasteiger partial charge in [-0.05, 0) is 64.0 Å². The summed E-state index contributed by atoms with van der Waals surface area (Å²) in [7, 11) is 0. The number of benzene rings is 2. The number of nitrogens with zero attached hydrogens (tertiary/aromatic N) is 3. The molecule has 36 heavy (non-hydrogen) atoms. The average molecular weight is 496 g/mol. The zero-order chi connectivity index (χ0) is 24.6. The van der Waals surface area contributed by atoms with E-state index in [4.69, 9.17) is 4.74 Å². The smallest absolute Gasteiger partial charge is 0.173 e. The summed E-state index contributed by atoms with van der Waals surface area (Å²) in [5, 5.41) is 2.93. The van der Waals surface area contributed by atoms with Gasteiger partial charge in [0.15, 0.2) is 5.06 Å². The first kappa shape index (κ1) is 23.9. The van der Waals surface area contributed by atoms with E-state index in [-0.39, 0.29) is 5.82 Å². The van der Waals surface area contributed by atoms with Crippen molar-refractivity contribution in [3.05, 3.63) is 126 Å². The van der Waals surface area contributed by atoms with Crippen molar-refractivity contribution in [1.29, 1.82) is 0 Å². The second kappa shape index (κ2) is 11.7. The van der Waals surface area contributed by atoms with Crippen molar-refractivity contribution in [2.24, 2.45) is 0 Å². The standard InChI is InChI=1S/C30H26FN3OS/c31-29-10-8-26(9-11-29)28-16-24(18-33-20-28)22-34(12-13-35-30-7-4-14-36-30)21-23-15-27(19-32-17-23)25-5-2-1-3-6-25/h1-11,14-20H,12-13,21-22H2. The van der Waals surface area contributed by atoms with Crippen LogP contribution in [0, 0.1) is 5.82 Å². The van der Waals surface area contributed by atoms with Gasteiger partial charge in [-0.3, -0.25) is 14.9 Å². The lowest BCUT2D eigenvalue weighted by molar-refractivity contribution is 0.199. The molecule has 0 aliphatic heterocycles. The lowest BCUT2D eigenvalue weighted by Gasteiger charge is -2.23. The summed E-state index contributed by atoms with van der Waals surface area (Å²) in [6.45, 7) is 2.75. The molecule has 0 amide bonds. The molecule has 0 saturated carbocycles. The molecule has 5 rings (SSSR count). The minimum atomic E-state index is -0.244. The highest BCUT2D eigenvalue weighted by Gasteiger charge is 2.11. The average Bonchev–Trinajstić information content (AvgIpc) is 3.44. The quantitative estimate of drug-likeness (QED) is 0.207. The minimum absolute atomic E-state index is 0.244. The van der Waals surface area contributed by atoms with E-state index in [0.29, 0.717) is 13.2 Å².